The van der Waals surface area contributed by atoms with Gasteiger partial charge in [0.05, 0.1) is 33.6 Å². The first kappa shape index (κ1) is 13.6. The highest BCUT2D eigenvalue weighted by Crippen LogP contribution is 2.25. The molecule has 0 amide bonds. The van der Waals surface area contributed by atoms with Crippen LogP contribution in [0.4, 0.5) is 4.39 Å². The molecule has 3 rings (SSSR count). The number of hydrogen-bond donors (Lipinski definition) is 0. The number of aromatic nitrogens is 4. The van der Waals surface area contributed by atoms with Gasteiger partial charge in [-0.05, 0) is 28.1 Å². The molecular weight excluding hydrogens is 347 g/mol. The topological polar surface area (TPSA) is 35.6 Å². The Morgan fingerprint density at radius 1 is 1.40 bits per heavy atom. The number of aryl methyl sites for hydroxylation is 1. The minimum atomic E-state index is -0.315. The monoisotopic (exact) mass is 356 g/mol. The van der Waals surface area contributed by atoms with Gasteiger partial charge >= 0.3 is 0 Å². The molecular formula is C13H11BrClFN4. The summed E-state index contributed by atoms with van der Waals surface area (Å²) in [5.41, 5.74) is 2.44. The Hall–Kier alpha value is -1.40. The van der Waals surface area contributed by atoms with Gasteiger partial charge in [0.25, 0.3) is 0 Å². The Labute approximate surface area is 128 Å². The third-order valence-electron chi connectivity index (χ3n) is 3.23. The van der Waals surface area contributed by atoms with Crippen molar-refractivity contribution in [3.05, 3.63) is 46.2 Å². The van der Waals surface area contributed by atoms with E-state index in [0.717, 1.165) is 16.7 Å². The van der Waals surface area contributed by atoms with Crippen LogP contribution >= 0.6 is 27.5 Å². The lowest BCUT2D eigenvalue weighted by atomic mass is 10.3. The smallest absolute Gasteiger partial charge is 0.139 e. The van der Waals surface area contributed by atoms with Crippen LogP contribution in [0, 0.1) is 5.82 Å². The van der Waals surface area contributed by atoms with E-state index < -0.39 is 0 Å². The Bertz CT molecular complexity index is 780. The van der Waals surface area contributed by atoms with Crippen LogP contribution in [-0.4, -0.2) is 19.3 Å². The second-order valence-corrected chi connectivity index (χ2v) is 5.57. The summed E-state index contributed by atoms with van der Waals surface area (Å²) in [6.07, 6.45) is 1.73. The van der Waals surface area contributed by atoms with Gasteiger partial charge in [-0.1, -0.05) is 0 Å². The van der Waals surface area contributed by atoms with E-state index in [1.165, 1.54) is 6.07 Å². The van der Waals surface area contributed by atoms with Crippen molar-refractivity contribution in [3.63, 3.8) is 0 Å². The van der Waals surface area contributed by atoms with Gasteiger partial charge in [0.2, 0.25) is 0 Å². The molecule has 0 unspecified atom stereocenters. The minimum absolute atomic E-state index is 0.270. The van der Waals surface area contributed by atoms with Crippen molar-refractivity contribution in [3.8, 4) is 0 Å². The number of nitrogens with zero attached hydrogens (tertiary/aromatic N) is 4. The number of rotatable bonds is 3. The predicted molar refractivity (Wildman–Crippen MR) is 79.3 cm³/mol. The fraction of sp³-hybridized carbons (Fsp3) is 0.231. The molecule has 0 N–H and O–H groups in total. The summed E-state index contributed by atoms with van der Waals surface area (Å²) in [5, 5.41) is 4.13. The maximum absolute atomic E-state index is 13.8. The molecule has 0 spiro atoms. The van der Waals surface area contributed by atoms with E-state index in [1.807, 2.05) is 17.7 Å². The molecule has 20 heavy (non-hydrogen) atoms. The highest BCUT2D eigenvalue weighted by Gasteiger charge is 2.14. The molecule has 2 aromatic heterocycles. The molecule has 0 fully saturated rings. The van der Waals surface area contributed by atoms with Crippen LogP contribution in [0.25, 0.3) is 11.0 Å². The number of halogens is 3. The maximum Gasteiger partial charge on any atom is 0.139 e. The Morgan fingerprint density at radius 2 is 2.20 bits per heavy atom. The van der Waals surface area contributed by atoms with Crippen molar-refractivity contribution in [2.24, 2.45) is 7.05 Å². The van der Waals surface area contributed by atoms with Crippen molar-refractivity contribution in [1.82, 2.24) is 19.3 Å². The second-order valence-electron chi connectivity index (χ2n) is 4.45. The predicted octanol–water partition coefficient (Wildman–Crippen LogP) is 3.46. The molecule has 2 heterocycles. The van der Waals surface area contributed by atoms with Crippen molar-refractivity contribution in [1.29, 1.82) is 0 Å². The third kappa shape index (κ3) is 2.23. The van der Waals surface area contributed by atoms with E-state index in [9.17, 15) is 4.39 Å². The molecule has 7 heteroatoms. The zero-order chi connectivity index (χ0) is 14.3. The van der Waals surface area contributed by atoms with Gasteiger partial charge in [-0.15, -0.1) is 11.6 Å². The Kier molecular flexibility index (Phi) is 3.52. The minimum Gasteiger partial charge on any atom is -0.321 e. The zero-order valence-corrected chi connectivity index (χ0v) is 13.0. The standard InChI is InChI=1S/C13H11BrClFN4/c1-19-8(2-3-17-19)7-20-12-5-10(16)9(14)4-11(12)18-13(20)6-15/h2-5H,6-7H2,1H3. The van der Waals surface area contributed by atoms with Crippen LogP contribution in [0.3, 0.4) is 0 Å². The summed E-state index contributed by atoms with van der Waals surface area (Å²) >= 11 is 9.12. The SMILES string of the molecule is Cn1nccc1Cn1c(CCl)nc2cc(Br)c(F)cc21. The summed E-state index contributed by atoms with van der Waals surface area (Å²) in [4.78, 5) is 4.45. The van der Waals surface area contributed by atoms with Crippen molar-refractivity contribution in [2.45, 2.75) is 12.4 Å². The number of imidazole rings is 1. The van der Waals surface area contributed by atoms with Gasteiger partial charge in [-0.2, -0.15) is 5.10 Å². The van der Waals surface area contributed by atoms with Crippen molar-refractivity contribution >= 4 is 38.6 Å². The molecule has 0 aliphatic heterocycles. The zero-order valence-electron chi connectivity index (χ0n) is 10.6. The molecule has 4 nitrogen and oxygen atoms in total. The number of fused-ring (bicyclic) bond motifs is 1. The van der Waals surface area contributed by atoms with Crippen LogP contribution in [-0.2, 0) is 19.5 Å². The normalized spacial score (nSPS) is 11.4. The second kappa shape index (κ2) is 5.18. The molecule has 0 radical (unpaired) electrons. The summed E-state index contributed by atoms with van der Waals surface area (Å²) < 4.78 is 17.8. The van der Waals surface area contributed by atoms with E-state index in [2.05, 4.69) is 26.0 Å². The third-order valence-corrected chi connectivity index (χ3v) is 4.08. The lowest BCUT2D eigenvalue weighted by Crippen LogP contribution is -2.08. The van der Waals surface area contributed by atoms with Gasteiger partial charge in [-0.3, -0.25) is 4.68 Å². The molecule has 0 saturated carbocycles. The largest absolute Gasteiger partial charge is 0.321 e. The summed E-state index contributed by atoms with van der Waals surface area (Å²) in [5.74, 6) is 0.663. The van der Waals surface area contributed by atoms with Gasteiger partial charge in [0.1, 0.15) is 11.6 Å². The van der Waals surface area contributed by atoms with Gasteiger partial charge in [0.15, 0.2) is 0 Å². The molecule has 3 aromatic rings. The quantitative estimate of drug-likeness (QED) is 0.673. The molecule has 0 aliphatic carbocycles. The fourth-order valence-electron chi connectivity index (χ4n) is 2.17. The fourth-order valence-corrected chi connectivity index (χ4v) is 2.70. The number of hydrogen-bond acceptors (Lipinski definition) is 2. The van der Waals surface area contributed by atoms with E-state index in [4.69, 9.17) is 11.6 Å². The molecule has 0 atom stereocenters. The van der Waals surface area contributed by atoms with E-state index in [1.54, 1.807) is 16.9 Å². The van der Waals surface area contributed by atoms with Crippen LogP contribution in [0.5, 0.6) is 0 Å². The van der Waals surface area contributed by atoms with Gasteiger partial charge < -0.3 is 4.57 Å². The first-order valence-corrected chi connectivity index (χ1v) is 7.30. The van der Waals surface area contributed by atoms with Gasteiger partial charge in [-0.25, -0.2) is 9.37 Å². The van der Waals surface area contributed by atoms with Crippen molar-refractivity contribution < 1.29 is 4.39 Å². The average Bonchev–Trinajstić information content (AvgIpc) is 2.96. The summed E-state index contributed by atoms with van der Waals surface area (Å²) in [6.45, 7) is 0.552. The summed E-state index contributed by atoms with van der Waals surface area (Å²) in [7, 11) is 1.87. The van der Waals surface area contributed by atoms with Crippen LogP contribution in [0.1, 0.15) is 11.5 Å². The molecule has 0 bridgehead atoms. The first-order valence-electron chi connectivity index (χ1n) is 5.97. The number of benzene rings is 1. The molecule has 0 aliphatic rings. The highest BCUT2D eigenvalue weighted by molar-refractivity contribution is 9.10. The van der Waals surface area contributed by atoms with Crippen LogP contribution < -0.4 is 0 Å². The lowest BCUT2D eigenvalue weighted by Gasteiger charge is -2.08. The van der Waals surface area contributed by atoms with Crippen molar-refractivity contribution in [2.75, 3.05) is 0 Å². The summed E-state index contributed by atoms with van der Waals surface area (Å²) in [6, 6.07) is 5.05. The van der Waals surface area contributed by atoms with E-state index in [0.29, 0.717) is 16.8 Å². The average molecular weight is 358 g/mol. The van der Waals surface area contributed by atoms with Crippen LogP contribution in [0.2, 0.25) is 0 Å². The number of alkyl halides is 1. The highest BCUT2D eigenvalue weighted by atomic mass is 79.9. The Morgan fingerprint density at radius 3 is 2.85 bits per heavy atom. The molecule has 104 valence electrons. The molecule has 0 saturated heterocycles. The van der Waals surface area contributed by atoms with Gasteiger partial charge in [0, 0.05) is 19.3 Å². The first-order chi connectivity index (χ1) is 9.60. The van der Waals surface area contributed by atoms with E-state index in [-0.39, 0.29) is 11.7 Å². The van der Waals surface area contributed by atoms with Crippen LogP contribution in [0.15, 0.2) is 28.9 Å². The maximum atomic E-state index is 13.8. The van der Waals surface area contributed by atoms with E-state index >= 15 is 0 Å². The molecule has 1 aromatic carbocycles. The Balaban J connectivity index is 2.17. The lowest BCUT2D eigenvalue weighted by molar-refractivity contribution is 0.620.